The Morgan fingerprint density at radius 1 is 0.226 bits per heavy atom. The molecule has 0 N–H and O–H groups in total. The van der Waals surface area contributed by atoms with Crippen LogP contribution in [0.3, 0.4) is 0 Å². The van der Waals surface area contributed by atoms with Crippen LogP contribution in [0.1, 0.15) is 201 Å². The molecule has 530 valence electrons. The fourth-order valence-electron chi connectivity index (χ4n) is 17.9. The number of nitrogens with zero attached hydrogens (tertiary/aromatic N) is 2. The van der Waals surface area contributed by atoms with Gasteiger partial charge in [-0.05, 0) is 256 Å². The number of fused-ring (bicyclic) bond motifs is 10. The third kappa shape index (κ3) is 12.2. The Morgan fingerprint density at radius 3 is 0.764 bits per heavy atom. The molecule has 4 aliphatic rings. The van der Waals surface area contributed by atoms with E-state index in [0.29, 0.717) is 0 Å². The summed E-state index contributed by atoms with van der Waals surface area (Å²) in [7, 11) is 0. The minimum atomic E-state index is -0.671. The van der Waals surface area contributed by atoms with Gasteiger partial charge in [-0.3, -0.25) is 0 Å². The zero-order chi connectivity index (χ0) is 74.1. The normalized spacial score (nSPS) is 14.5. The van der Waals surface area contributed by atoms with Crippen molar-refractivity contribution in [1.82, 2.24) is 0 Å². The first kappa shape index (κ1) is 71.1. The second-order valence-electron chi connectivity index (χ2n) is 32.5. The molecule has 0 saturated carbocycles. The van der Waals surface area contributed by atoms with Gasteiger partial charge in [0.25, 0.3) is 0 Å². The van der Waals surface area contributed by atoms with Gasteiger partial charge in [-0.1, -0.05) is 316 Å². The molecule has 2 aliphatic heterocycles. The van der Waals surface area contributed by atoms with Crippen molar-refractivity contribution in [2.75, 3.05) is 9.80 Å². The minimum absolute atomic E-state index is 0.142. The molecule has 106 heavy (non-hydrogen) atoms. The smallest absolute Gasteiger partial charge is 0.0742 e. The second kappa shape index (κ2) is 28.1. The van der Waals surface area contributed by atoms with E-state index < -0.39 is 10.8 Å². The molecule has 17 rings (SSSR count). The van der Waals surface area contributed by atoms with Gasteiger partial charge >= 0.3 is 0 Å². The molecule has 13 aromatic carbocycles. The maximum atomic E-state index is 2.66. The van der Waals surface area contributed by atoms with Crippen molar-refractivity contribution in [1.29, 1.82) is 0 Å². The van der Waals surface area contributed by atoms with Crippen molar-refractivity contribution >= 4 is 34.1 Å². The molecule has 2 heterocycles. The van der Waals surface area contributed by atoms with E-state index in [2.05, 4.69) is 387 Å². The zero-order valence-electron chi connectivity index (χ0n) is 65.5. The van der Waals surface area contributed by atoms with E-state index in [1.807, 2.05) is 0 Å². The number of unbranched alkanes of at least 4 members (excludes halogenated alkanes) is 2. The Bertz CT molecular complexity index is 5000. The summed E-state index contributed by atoms with van der Waals surface area (Å²) in [5.41, 5.74) is 42.6. The van der Waals surface area contributed by atoms with Crippen LogP contribution < -0.4 is 9.80 Å². The first-order valence-corrected chi connectivity index (χ1v) is 39.0. The molecule has 0 aromatic heterocycles. The van der Waals surface area contributed by atoms with Crippen molar-refractivity contribution in [2.24, 2.45) is 0 Å². The molecule has 0 fully saturated rings. The van der Waals surface area contributed by atoms with Crippen LogP contribution in [-0.4, -0.2) is 0 Å². The van der Waals surface area contributed by atoms with Crippen molar-refractivity contribution < 1.29 is 0 Å². The third-order valence-electron chi connectivity index (χ3n) is 24.0. The van der Waals surface area contributed by atoms with E-state index in [-0.39, 0.29) is 10.8 Å². The van der Waals surface area contributed by atoms with E-state index in [0.717, 1.165) is 12.8 Å². The van der Waals surface area contributed by atoms with Gasteiger partial charge in [0.1, 0.15) is 0 Å². The average molecular weight is 1380 g/mol. The van der Waals surface area contributed by atoms with E-state index in [9.17, 15) is 0 Å². The lowest BCUT2D eigenvalue weighted by Gasteiger charge is -2.47. The van der Waals surface area contributed by atoms with Crippen molar-refractivity contribution in [2.45, 2.75) is 171 Å². The summed E-state index contributed by atoms with van der Waals surface area (Å²) in [6.45, 7) is 36.1. The van der Waals surface area contributed by atoms with Gasteiger partial charge in [0.2, 0.25) is 0 Å². The Morgan fingerprint density at radius 2 is 0.472 bits per heavy atom. The number of benzene rings is 13. The Kier molecular flexibility index (Phi) is 18.8. The molecule has 2 heteroatoms. The second-order valence-corrected chi connectivity index (χ2v) is 32.5. The highest BCUT2D eigenvalue weighted by Crippen LogP contribution is 2.65. The van der Waals surface area contributed by atoms with Crippen molar-refractivity contribution in [3.05, 3.63) is 400 Å². The summed E-state index contributed by atoms with van der Waals surface area (Å²) < 4.78 is 0. The summed E-state index contributed by atoms with van der Waals surface area (Å²) in [6.07, 6.45) is 6.88. The number of hydrogen-bond acceptors (Lipinski definition) is 2. The highest BCUT2D eigenvalue weighted by molar-refractivity contribution is 5.98. The summed E-state index contributed by atoms with van der Waals surface area (Å²) >= 11 is 0. The largest absolute Gasteiger partial charge is 0.310 e. The van der Waals surface area contributed by atoms with E-state index in [1.54, 1.807) is 0 Å². The quantitative estimate of drug-likeness (QED) is 0.120. The standard InChI is InChI=1S/C79H76N2.C17H18.C8H10/c1-11-13-15-57-27-39-63(40-28-57)80-73-43-25-55(7)45-69(73)78(59-31-17-51(3)18-32-59,60-33-19-52(4)20-34-60)71-47-65-66-48-72-76(50-68(66)77(9,10)67(65)49-75(71)80)81(64-41-29-58(30-42-64)16-14-12-2)74-44-26-56(8)46-70(74)79(72,61-35-21-53(5)22-36-61)62-37-23-54(6)24-38-62;1-11-5-7-13-14-8-6-12(2)10-16(14)17(3,4)15(13)9-11;1-7-3-5-8(2)6-4-7/h17-50H,11-16H2,1-10H3;5-10H,1-4H3;3-6H,1-2H3. The molecule has 2 aliphatic carbocycles. The van der Waals surface area contributed by atoms with E-state index in [1.165, 1.54) is 216 Å². The lowest BCUT2D eigenvalue weighted by atomic mass is 9.61. The summed E-state index contributed by atoms with van der Waals surface area (Å²) in [5.74, 6) is 0. The highest BCUT2D eigenvalue weighted by Gasteiger charge is 2.52. The molecular weight excluding hydrogens is 1280 g/mol. The van der Waals surface area contributed by atoms with E-state index >= 15 is 0 Å². The molecule has 2 nitrogen and oxygen atoms in total. The number of aryl methyl sites for hydroxylation is 12. The maximum absolute atomic E-state index is 2.66. The minimum Gasteiger partial charge on any atom is -0.310 e. The van der Waals surface area contributed by atoms with Crippen LogP contribution in [0.25, 0.3) is 22.3 Å². The van der Waals surface area contributed by atoms with Gasteiger partial charge < -0.3 is 9.80 Å². The molecule has 0 spiro atoms. The van der Waals surface area contributed by atoms with Crippen molar-refractivity contribution in [3.63, 3.8) is 0 Å². The summed E-state index contributed by atoms with van der Waals surface area (Å²) in [6, 6.07) is 104. The number of anilines is 6. The van der Waals surface area contributed by atoms with Crippen LogP contribution >= 0.6 is 0 Å². The first-order chi connectivity index (χ1) is 51.0. The lowest BCUT2D eigenvalue weighted by Crippen LogP contribution is -2.38. The van der Waals surface area contributed by atoms with Crippen LogP contribution in [0.5, 0.6) is 0 Å². The topological polar surface area (TPSA) is 6.48 Å². The Hall–Kier alpha value is -10.5. The van der Waals surface area contributed by atoms with Gasteiger partial charge in [-0.2, -0.15) is 0 Å². The molecule has 0 bridgehead atoms. The monoisotopic (exact) mass is 1380 g/mol. The predicted molar refractivity (Wildman–Crippen MR) is 452 cm³/mol. The summed E-state index contributed by atoms with van der Waals surface area (Å²) in [5, 5.41) is 0. The zero-order valence-corrected chi connectivity index (χ0v) is 65.5. The highest BCUT2D eigenvalue weighted by atomic mass is 15.2. The molecule has 0 atom stereocenters. The molecule has 0 saturated heterocycles. The third-order valence-corrected chi connectivity index (χ3v) is 24.0. The molecule has 0 radical (unpaired) electrons. The van der Waals surface area contributed by atoms with Gasteiger partial charge in [-0.15, -0.1) is 0 Å². The Labute approximate surface area is 633 Å². The SMILES string of the molecule is CCCCc1ccc(N2c3ccc(C)cc3C(c3ccc(C)cc3)(c3ccc(C)cc3)c3cc4c(cc32)C(C)(C)c2cc3c(cc2-4)C(c2ccc(C)cc2)(c2ccc(C)cc2)c2cc(C)ccc2N3c2ccc(CCCC)cc2)cc1.Cc1ccc(C)cc1.Cc1ccc2c(c1)C(C)(C)c1cc(C)ccc1-2. The molecule has 0 amide bonds. The molecule has 0 unspecified atom stereocenters. The lowest BCUT2D eigenvalue weighted by molar-refractivity contribution is 0.656. The molecule has 13 aromatic rings. The van der Waals surface area contributed by atoms with Crippen LogP contribution in [0.4, 0.5) is 34.1 Å². The fourth-order valence-corrected chi connectivity index (χ4v) is 17.9. The van der Waals surface area contributed by atoms with Gasteiger partial charge in [0, 0.05) is 22.2 Å². The van der Waals surface area contributed by atoms with Crippen LogP contribution in [0.15, 0.2) is 267 Å². The van der Waals surface area contributed by atoms with Gasteiger partial charge in [0.05, 0.1) is 33.6 Å². The number of rotatable bonds is 12. The van der Waals surface area contributed by atoms with Crippen LogP contribution in [0.2, 0.25) is 0 Å². The Balaban J connectivity index is 0.000000301. The average Bonchev–Trinajstić information content (AvgIpc) is 1.28. The van der Waals surface area contributed by atoms with Crippen LogP contribution in [-0.2, 0) is 34.5 Å². The fraction of sp³-hybridized carbons (Fsp3) is 0.250. The van der Waals surface area contributed by atoms with Crippen molar-refractivity contribution in [3.8, 4) is 22.3 Å². The van der Waals surface area contributed by atoms with Gasteiger partial charge in [-0.25, -0.2) is 0 Å². The summed E-state index contributed by atoms with van der Waals surface area (Å²) in [4.78, 5) is 5.20. The molecular formula is C104H104N2. The van der Waals surface area contributed by atoms with Gasteiger partial charge in [0.15, 0.2) is 0 Å². The first-order valence-electron chi connectivity index (χ1n) is 39.0. The maximum Gasteiger partial charge on any atom is 0.0742 e. The van der Waals surface area contributed by atoms with E-state index in [4.69, 9.17) is 0 Å². The predicted octanol–water partition coefficient (Wildman–Crippen LogP) is 27.8. The van der Waals surface area contributed by atoms with Crippen LogP contribution in [0, 0.1) is 69.2 Å². The number of hydrogen-bond donors (Lipinski definition) is 0.